The number of nitrogens with two attached hydrogens (primary N) is 1. The van der Waals surface area contributed by atoms with Gasteiger partial charge in [-0.05, 0) is 17.7 Å². The van der Waals surface area contributed by atoms with E-state index in [0.29, 0.717) is 37.6 Å². The van der Waals surface area contributed by atoms with Crippen LogP contribution < -0.4 is 5.73 Å². The van der Waals surface area contributed by atoms with Crippen molar-refractivity contribution in [2.75, 3.05) is 26.2 Å². The van der Waals surface area contributed by atoms with Gasteiger partial charge < -0.3 is 15.1 Å². The number of amides is 1. The van der Waals surface area contributed by atoms with Crippen molar-refractivity contribution in [1.82, 2.24) is 14.8 Å². The Morgan fingerprint density at radius 2 is 1.71 bits per heavy atom. The first-order valence-corrected chi connectivity index (χ1v) is 9.54. The molecule has 0 aliphatic carbocycles. The van der Waals surface area contributed by atoms with Gasteiger partial charge in [-0.3, -0.25) is 9.69 Å². The predicted molar refractivity (Wildman–Crippen MR) is 107 cm³/mol. The SMILES string of the molecule is NCc1ccc(C(=O)N2CCN(Cc3ncc(-c4ccccc4)o3)CC2)cc1. The quantitative estimate of drug-likeness (QED) is 0.741. The molecule has 0 spiro atoms. The molecule has 6 nitrogen and oxygen atoms in total. The molecule has 2 N–H and O–H groups in total. The monoisotopic (exact) mass is 376 g/mol. The Bertz CT molecular complexity index is 913. The number of benzene rings is 2. The molecule has 1 aliphatic heterocycles. The minimum atomic E-state index is 0.0747. The van der Waals surface area contributed by atoms with Gasteiger partial charge in [-0.15, -0.1) is 0 Å². The highest BCUT2D eigenvalue weighted by molar-refractivity contribution is 5.94. The van der Waals surface area contributed by atoms with Gasteiger partial charge in [-0.1, -0.05) is 42.5 Å². The molecule has 2 aromatic carbocycles. The standard InChI is InChI=1S/C22H24N4O2/c23-14-17-6-8-19(9-7-17)22(27)26-12-10-25(11-13-26)16-21-24-15-20(28-21)18-4-2-1-3-5-18/h1-9,15H,10-14,16,23H2. The summed E-state index contributed by atoms with van der Waals surface area (Å²) in [5.41, 5.74) is 8.39. The smallest absolute Gasteiger partial charge is 0.253 e. The van der Waals surface area contributed by atoms with Crippen molar-refractivity contribution in [3.05, 3.63) is 77.8 Å². The maximum absolute atomic E-state index is 12.7. The highest BCUT2D eigenvalue weighted by Gasteiger charge is 2.23. The Labute approximate surface area is 164 Å². The molecule has 1 saturated heterocycles. The topological polar surface area (TPSA) is 75.6 Å². The molecule has 1 fully saturated rings. The fourth-order valence-electron chi connectivity index (χ4n) is 3.39. The van der Waals surface area contributed by atoms with Crippen molar-refractivity contribution >= 4 is 5.91 Å². The minimum absolute atomic E-state index is 0.0747. The summed E-state index contributed by atoms with van der Waals surface area (Å²) >= 11 is 0. The zero-order valence-electron chi connectivity index (χ0n) is 15.8. The van der Waals surface area contributed by atoms with Gasteiger partial charge in [0.2, 0.25) is 5.89 Å². The fourth-order valence-corrected chi connectivity index (χ4v) is 3.39. The Morgan fingerprint density at radius 3 is 2.39 bits per heavy atom. The predicted octanol–water partition coefficient (Wildman–Crippen LogP) is 2.76. The summed E-state index contributed by atoms with van der Waals surface area (Å²) in [5, 5.41) is 0. The summed E-state index contributed by atoms with van der Waals surface area (Å²) in [5.74, 6) is 1.56. The number of piperazine rings is 1. The number of hydrogen-bond donors (Lipinski definition) is 1. The largest absolute Gasteiger partial charge is 0.439 e. The number of carbonyl (C=O) groups is 1. The number of oxazole rings is 1. The van der Waals surface area contributed by atoms with Crippen molar-refractivity contribution in [2.24, 2.45) is 5.73 Å². The van der Waals surface area contributed by atoms with Crippen molar-refractivity contribution in [3.63, 3.8) is 0 Å². The van der Waals surface area contributed by atoms with Crippen LogP contribution in [-0.4, -0.2) is 46.9 Å². The lowest BCUT2D eigenvalue weighted by molar-refractivity contribution is 0.0618. The van der Waals surface area contributed by atoms with Gasteiger partial charge in [0.15, 0.2) is 5.76 Å². The average Bonchev–Trinajstić information content (AvgIpc) is 3.23. The molecule has 1 aliphatic rings. The molecule has 2 heterocycles. The van der Waals surface area contributed by atoms with E-state index in [4.69, 9.17) is 10.2 Å². The third-order valence-corrected chi connectivity index (χ3v) is 5.07. The van der Waals surface area contributed by atoms with Crippen molar-refractivity contribution in [3.8, 4) is 11.3 Å². The molecule has 6 heteroatoms. The normalized spacial score (nSPS) is 15.0. The summed E-state index contributed by atoms with van der Waals surface area (Å²) in [6, 6.07) is 17.5. The zero-order valence-corrected chi connectivity index (χ0v) is 15.8. The second kappa shape index (κ2) is 8.37. The highest BCUT2D eigenvalue weighted by Crippen LogP contribution is 2.21. The van der Waals surface area contributed by atoms with Gasteiger partial charge in [-0.25, -0.2) is 4.98 Å². The summed E-state index contributed by atoms with van der Waals surface area (Å²) in [6.07, 6.45) is 1.77. The molecule has 0 radical (unpaired) electrons. The summed E-state index contributed by atoms with van der Waals surface area (Å²) in [6.45, 7) is 4.14. The maximum Gasteiger partial charge on any atom is 0.253 e. The van der Waals surface area contributed by atoms with Crippen LogP contribution in [0.3, 0.4) is 0 Å². The summed E-state index contributed by atoms with van der Waals surface area (Å²) in [7, 11) is 0. The molecular formula is C22H24N4O2. The summed E-state index contributed by atoms with van der Waals surface area (Å²) in [4.78, 5) is 21.2. The van der Waals surface area contributed by atoms with E-state index in [2.05, 4.69) is 9.88 Å². The van der Waals surface area contributed by atoms with Gasteiger partial charge in [0.25, 0.3) is 5.91 Å². The van der Waals surface area contributed by atoms with Crippen molar-refractivity contribution in [2.45, 2.75) is 13.1 Å². The minimum Gasteiger partial charge on any atom is -0.439 e. The molecule has 0 saturated carbocycles. The Balaban J connectivity index is 1.32. The molecule has 4 rings (SSSR count). The van der Waals surface area contributed by atoms with Crippen molar-refractivity contribution in [1.29, 1.82) is 0 Å². The molecule has 1 aromatic heterocycles. The molecule has 0 atom stereocenters. The van der Waals surface area contributed by atoms with Gasteiger partial charge in [0.1, 0.15) is 0 Å². The first kappa shape index (κ1) is 18.4. The number of rotatable bonds is 5. The number of hydrogen-bond acceptors (Lipinski definition) is 5. The first-order chi connectivity index (χ1) is 13.7. The van der Waals surface area contributed by atoms with Crippen LogP contribution in [0.4, 0.5) is 0 Å². The molecule has 0 unspecified atom stereocenters. The zero-order chi connectivity index (χ0) is 19.3. The van der Waals surface area contributed by atoms with E-state index in [1.165, 1.54) is 0 Å². The van der Waals surface area contributed by atoms with Crippen LogP contribution in [0.1, 0.15) is 21.8 Å². The van der Waals surface area contributed by atoms with Crippen LogP contribution in [0.2, 0.25) is 0 Å². The first-order valence-electron chi connectivity index (χ1n) is 9.54. The molecule has 144 valence electrons. The van der Waals surface area contributed by atoms with Gasteiger partial charge in [0, 0.05) is 43.9 Å². The van der Waals surface area contributed by atoms with Crippen LogP contribution in [0.25, 0.3) is 11.3 Å². The molecule has 3 aromatic rings. The van der Waals surface area contributed by atoms with Crippen molar-refractivity contribution < 1.29 is 9.21 Å². The van der Waals surface area contributed by atoms with Crippen LogP contribution in [0, 0.1) is 0 Å². The van der Waals surface area contributed by atoms with E-state index >= 15 is 0 Å². The lowest BCUT2D eigenvalue weighted by Crippen LogP contribution is -2.48. The summed E-state index contributed by atoms with van der Waals surface area (Å²) < 4.78 is 5.89. The molecule has 1 amide bonds. The Morgan fingerprint density at radius 1 is 1.00 bits per heavy atom. The van der Waals surface area contributed by atoms with E-state index < -0.39 is 0 Å². The second-order valence-corrected chi connectivity index (χ2v) is 6.95. The fraction of sp³-hybridized carbons (Fsp3) is 0.273. The van der Waals surface area contributed by atoms with Gasteiger partial charge in [0.05, 0.1) is 12.7 Å². The lowest BCUT2D eigenvalue weighted by Gasteiger charge is -2.34. The van der Waals surface area contributed by atoms with E-state index in [1.807, 2.05) is 59.5 Å². The number of carbonyl (C=O) groups excluding carboxylic acids is 1. The van der Waals surface area contributed by atoms with Gasteiger partial charge in [-0.2, -0.15) is 0 Å². The number of nitrogens with zero attached hydrogens (tertiary/aromatic N) is 3. The third kappa shape index (κ3) is 4.13. The number of aromatic nitrogens is 1. The van der Waals surface area contributed by atoms with E-state index in [9.17, 15) is 4.79 Å². The van der Waals surface area contributed by atoms with E-state index in [1.54, 1.807) is 6.20 Å². The molecule has 0 bridgehead atoms. The average molecular weight is 376 g/mol. The third-order valence-electron chi connectivity index (χ3n) is 5.07. The van der Waals surface area contributed by atoms with Crippen LogP contribution >= 0.6 is 0 Å². The van der Waals surface area contributed by atoms with Crippen LogP contribution in [0.15, 0.2) is 65.2 Å². The second-order valence-electron chi connectivity index (χ2n) is 6.95. The molecular weight excluding hydrogens is 352 g/mol. The van der Waals surface area contributed by atoms with Gasteiger partial charge >= 0.3 is 0 Å². The Kier molecular flexibility index (Phi) is 5.50. The molecule has 28 heavy (non-hydrogen) atoms. The van der Waals surface area contributed by atoms with E-state index in [0.717, 1.165) is 30.0 Å². The van der Waals surface area contributed by atoms with Crippen LogP contribution in [-0.2, 0) is 13.1 Å². The maximum atomic E-state index is 12.7. The Hall–Kier alpha value is -2.96. The highest BCUT2D eigenvalue weighted by atomic mass is 16.4. The lowest BCUT2D eigenvalue weighted by atomic mass is 10.1. The van der Waals surface area contributed by atoms with Crippen LogP contribution in [0.5, 0.6) is 0 Å². The van der Waals surface area contributed by atoms with E-state index in [-0.39, 0.29) is 5.91 Å².